The molecule has 0 aliphatic rings. The van der Waals surface area contributed by atoms with Crippen molar-refractivity contribution in [1.29, 1.82) is 0 Å². The number of hydrogen-bond donors (Lipinski definition) is 3. The van der Waals surface area contributed by atoms with Crippen molar-refractivity contribution in [2.24, 2.45) is 0 Å². The van der Waals surface area contributed by atoms with Gasteiger partial charge in [-0.2, -0.15) is 0 Å². The smallest absolute Gasteiger partial charge is 0.0914 e. The summed E-state index contributed by atoms with van der Waals surface area (Å²) in [6.07, 6.45) is 1.62. The molecule has 3 nitrogen and oxygen atoms in total. The van der Waals surface area contributed by atoms with Gasteiger partial charge < -0.3 is 15.4 Å². The van der Waals surface area contributed by atoms with Crippen molar-refractivity contribution in [2.45, 2.75) is 12.0 Å². The van der Waals surface area contributed by atoms with E-state index in [2.05, 4.69) is 58.3 Å². The van der Waals surface area contributed by atoms with E-state index in [-0.39, 0.29) is 5.92 Å². The zero-order valence-electron chi connectivity index (χ0n) is 14.4. The highest BCUT2D eigenvalue weighted by molar-refractivity contribution is 7.10. The van der Waals surface area contributed by atoms with E-state index in [4.69, 9.17) is 0 Å². The van der Waals surface area contributed by atoms with E-state index < -0.39 is 6.10 Å². The quantitative estimate of drug-likeness (QED) is 0.447. The molecule has 0 bridgehead atoms. The van der Waals surface area contributed by atoms with Crippen LogP contribution in [0.5, 0.6) is 0 Å². The van der Waals surface area contributed by atoms with Gasteiger partial charge in [-0.3, -0.25) is 0 Å². The molecule has 0 fully saturated rings. The first-order valence-electron chi connectivity index (χ1n) is 8.86. The Morgan fingerprint density at radius 2 is 1.73 bits per heavy atom. The molecule has 3 N–H and O–H groups in total. The van der Waals surface area contributed by atoms with Crippen LogP contribution in [0.1, 0.15) is 28.0 Å². The number of aromatic amines is 1. The molecule has 132 valence electrons. The number of H-pyrrole nitrogens is 1. The first kappa shape index (κ1) is 17.0. The maximum absolute atomic E-state index is 10.4. The minimum Gasteiger partial charge on any atom is -0.387 e. The molecule has 4 heteroatoms. The molecule has 2 atom stereocenters. The first-order valence-corrected chi connectivity index (χ1v) is 9.74. The lowest BCUT2D eigenvalue weighted by Gasteiger charge is -2.18. The van der Waals surface area contributed by atoms with E-state index in [0.29, 0.717) is 6.54 Å². The molecule has 0 radical (unpaired) electrons. The minimum absolute atomic E-state index is 0.258. The number of aromatic nitrogens is 1. The van der Waals surface area contributed by atoms with E-state index in [1.165, 1.54) is 15.8 Å². The molecule has 0 saturated heterocycles. The van der Waals surface area contributed by atoms with Crippen molar-refractivity contribution in [1.82, 2.24) is 10.3 Å². The number of benzene rings is 2. The highest BCUT2D eigenvalue weighted by atomic mass is 32.1. The summed E-state index contributed by atoms with van der Waals surface area (Å²) >= 11 is 1.78. The van der Waals surface area contributed by atoms with Gasteiger partial charge in [-0.1, -0.05) is 54.6 Å². The molecular formula is C22H22N2OS. The van der Waals surface area contributed by atoms with Crippen molar-refractivity contribution in [3.63, 3.8) is 0 Å². The molecule has 0 aliphatic heterocycles. The lowest BCUT2D eigenvalue weighted by Crippen LogP contribution is -2.26. The molecule has 4 aromatic rings. The van der Waals surface area contributed by atoms with Crippen molar-refractivity contribution in [3.8, 4) is 0 Å². The fourth-order valence-corrected chi connectivity index (χ4v) is 4.24. The largest absolute Gasteiger partial charge is 0.387 e. The molecule has 26 heavy (non-hydrogen) atoms. The van der Waals surface area contributed by atoms with Crippen LogP contribution in [-0.2, 0) is 0 Å². The van der Waals surface area contributed by atoms with Crippen LogP contribution >= 0.6 is 11.3 Å². The van der Waals surface area contributed by atoms with Crippen molar-refractivity contribution >= 4 is 22.2 Å². The van der Waals surface area contributed by atoms with Gasteiger partial charge in [0.2, 0.25) is 0 Å². The number of nitrogens with one attached hydrogen (secondary N) is 2. The molecule has 0 saturated carbocycles. The standard InChI is InChI=1S/C22H22N2OS/c25-21(16-7-2-1-3-8-16)15-23-13-19(22-11-6-12-26-22)18-14-24-20-10-5-4-9-17(18)20/h1-12,14,19,21,23-25H,13,15H2/t19-,21-/m1/s1. The molecule has 0 aliphatic carbocycles. The molecule has 2 aromatic heterocycles. The summed E-state index contributed by atoms with van der Waals surface area (Å²) in [7, 11) is 0. The van der Waals surface area contributed by atoms with Gasteiger partial charge in [0.1, 0.15) is 0 Å². The molecule has 4 rings (SSSR count). The van der Waals surface area contributed by atoms with Crippen LogP contribution in [-0.4, -0.2) is 23.2 Å². The second-order valence-electron chi connectivity index (χ2n) is 6.44. The molecule has 2 aromatic carbocycles. The second-order valence-corrected chi connectivity index (χ2v) is 7.42. The maximum atomic E-state index is 10.4. The minimum atomic E-state index is -0.497. The van der Waals surface area contributed by atoms with Crippen molar-refractivity contribution < 1.29 is 5.11 Å². The number of rotatable bonds is 7. The van der Waals surface area contributed by atoms with Crippen LogP contribution in [0.4, 0.5) is 0 Å². The van der Waals surface area contributed by atoms with Crippen molar-refractivity contribution in [3.05, 3.63) is 94.3 Å². The molecule has 0 amide bonds. The van der Waals surface area contributed by atoms with E-state index >= 15 is 0 Å². The Labute approximate surface area is 157 Å². The highest BCUT2D eigenvalue weighted by Gasteiger charge is 2.19. The summed E-state index contributed by atoms with van der Waals surface area (Å²) in [6, 6.07) is 22.5. The van der Waals surface area contributed by atoms with E-state index in [0.717, 1.165) is 17.6 Å². The summed E-state index contributed by atoms with van der Waals surface area (Å²) in [4.78, 5) is 4.71. The summed E-state index contributed by atoms with van der Waals surface area (Å²) in [5.41, 5.74) is 3.40. The predicted octanol–water partition coefficient (Wildman–Crippen LogP) is 4.68. The fourth-order valence-electron chi connectivity index (χ4n) is 3.39. The molecule has 0 spiro atoms. The van der Waals surface area contributed by atoms with Gasteiger partial charge in [0, 0.05) is 41.0 Å². The average Bonchev–Trinajstić information content (AvgIpc) is 3.36. The monoisotopic (exact) mass is 362 g/mol. The van der Waals surface area contributed by atoms with E-state index in [1.807, 2.05) is 30.3 Å². The Hall–Kier alpha value is -2.40. The topological polar surface area (TPSA) is 48.0 Å². The highest BCUT2D eigenvalue weighted by Crippen LogP contribution is 2.32. The third-order valence-electron chi connectivity index (χ3n) is 4.75. The third kappa shape index (κ3) is 3.58. The zero-order valence-corrected chi connectivity index (χ0v) is 15.2. The molecular weight excluding hydrogens is 340 g/mol. The van der Waals surface area contributed by atoms with Crippen LogP contribution in [0.3, 0.4) is 0 Å². The summed E-state index contributed by atoms with van der Waals surface area (Å²) in [5.74, 6) is 0.258. The van der Waals surface area contributed by atoms with Crippen LogP contribution in [0, 0.1) is 0 Å². The number of aliphatic hydroxyl groups excluding tert-OH is 1. The Balaban J connectivity index is 1.52. The SMILES string of the molecule is O[C@H](CNC[C@@H](c1cccs1)c1c[nH]c2ccccc12)c1ccccc1. The van der Waals surface area contributed by atoms with Crippen LogP contribution < -0.4 is 5.32 Å². The van der Waals surface area contributed by atoms with Gasteiger partial charge in [0.15, 0.2) is 0 Å². The third-order valence-corrected chi connectivity index (χ3v) is 5.74. The Kier molecular flexibility index (Phi) is 5.16. The number of hydrogen-bond acceptors (Lipinski definition) is 3. The van der Waals surface area contributed by atoms with Gasteiger partial charge in [-0.05, 0) is 28.6 Å². The second kappa shape index (κ2) is 7.87. The van der Waals surface area contributed by atoms with Crippen molar-refractivity contribution in [2.75, 3.05) is 13.1 Å². The summed E-state index contributed by atoms with van der Waals surface area (Å²) in [6.45, 7) is 1.32. The summed E-state index contributed by atoms with van der Waals surface area (Å²) < 4.78 is 0. The first-order chi connectivity index (χ1) is 12.8. The Morgan fingerprint density at radius 3 is 2.54 bits per heavy atom. The van der Waals surface area contributed by atoms with E-state index in [1.54, 1.807) is 11.3 Å². The number of fused-ring (bicyclic) bond motifs is 1. The zero-order chi connectivity index (χ0) is 17.8. The summed E-state index contributed by atoms with van der Waals surface area (Å²) in [5, 5.41) is 17.2. The lowest BCUT2D eigenvalue weighted by atomic mass is 9.96. The van der Waals surface area contributed by atoms with E-state index in [9.17, 15) is 5.11 Å². The van der Waals surface area contributed by atoms with Crippen LogP contribution in [0.2, 0.25) is 0 Å². The maximum Gasteiger partial charge on any atom is 0.0914 e. The van der Waals surface area contributed by atoms with Gasteiger partial charge in [-0.15, -0.1) is 11.3 Å². The van der Waals surface area contributed by atoms with Gasteiger partial charge in [-0.25, -0.2) is 0 Å². The lowest BCUT2D eigenvalue weighted by molar-refractivity contribution is 0.174. The average molecular weight is 362 g/mol. The number of para-hydroxylation sites is 1. The molecule has 2 heterocycles. The number of aliphatic hydroxyl groups is 1. The Bertz CT molecular complexity index is 947. The number of thiophene rings is 1. The fraction of sp³-hybridized carbons (Fsp3) is 0.182. The predicted molar refractivity (Wildman–Crippen MR) is 109 cm³/mol. The normalized spacial score (nSPS) is 13.7. The Morgan fingerprint density at radius 1 is 0.923 bits per heavy atom. The van der Waals surface area contributed by atoms with Gasteiger partial charge >= 0.3 is 0 Å². The molecule has 0 unspecified atom stereocenters. The van der Waals surface area contributed by atoms with Crippen LogP contribution in [0.15, 0.2) is 78.3 Å². The van der Waals surface area contributed by atoms with Gasteiger partial charge in [0.25, 0.3) is 0 Å². The van der Waals surface area contributed by atoms with Crippen LogP contribution in [0.25, 0.3) is 10.9 Å². The van der Waals surface area contributed by atoms with Gasteiger partial charge in [0.05, 0.1) is 6.10 Å².